The summed E-state index contributed by atoms with van der Waals surface area (Å²) in [6.07, 6.45) is 9.59. The van der Waals surface area contributed by atoms with Crippen LogP contribution in [-0.2, 0) is 0 Å². The normalized spacial score (nSPS) is 30.4. The van der Waals surface area contributed by atoms with Crippen LogP contribution in [0.15, 0.2) is 36.7 Å². The monoisotopic (exact) mass is 203 g/mol. The van der Waals surface area contributed by atoms with Crippen LogP contribution in [0.25, 0.3) is 0 Å². The third-order valence-corrected chi connectivity index (χ3v) is 3.59. The van der Waals surface area contributed by atoms with Crippen molar-refractivity contribution in [2.75, 3.05) is 20.1 Å². The fourth-order valence-corrected chi connectivity index (χ4v) is 2.34. The molecule has 1 aromatic rings. The van der Waals surface area contributed by atoms with Crippen molar-refractivity contribution in [1.29, 1.82) is 0 Å². The molecule has 0 saturated carbocycles. The van der Waals surface area contributed by atoms with E-state index in [1.807, 2.05) is 18.5 Å². The van der Waals surface area contributed by atoms with Gasteiger partial charge in [-0.15, -0.1) is 0 Å². The van der Waals surface area contributed by atoms with E-state index in [0.717, 1.165) is 17.4 Å². The molecule has 2 atom stereocenters. The summed E-state index contributed by atoms with van der Waals surface area (Å²) in [7, 11) is 2.33. The molecular formula is C13H19N2+. The Morgan fingerprint density at radius 2 is 2.33 bits per heavy atom. The minimum absolute atomic E-state index is 0.577. The molecule has 2 heterocycles. The lowest BCUT2D eigenvalue weighted by molar-refractivity contribution is -0.934. The predicted molar refractivity (Wildman–Crippen MR) is 62.3 cm³/mol. The van der Waals surface area contributed by atoms with E-state index in [-0.39, 0.29) is 0 Å². The third-order valence-electron chi connectivity index (χ3n) is 3.59. The number of pyridine rings is 1. The quantitative estimate of drug-likeness (QED) is 0.532. The highest BCUT2D eigenvalue weighted by atomic mass is 15.4. The van der Waals surface area contributed by atoms with Crippen molar-refractivity contribution >= 4 is 0 Å². The number of quaternary nitrogens is 1. The average Bonchev–Trinajstić information content (AvgIpc) is 2.31. The molecule has 1 aromatic heterocycles. The summed E-state index contributed by atoms with van der Waals surface area (Å²) < 4.78 is 1.10. The maximum atomic E-state index is 4.23. The summed E-state index contributed by atoms with van der Waals surface area (Å²) in [5.41, 5.74) is 1.37. The lowest BCUT2D eigenvalue weighted by Gasteiger charge is -2.42. The second kappa shape index (κ2) is 4.15. The van der Waals surface area contributed by atoms with E-state index in [9.17, 15) is 0 Å². The van der Waals surface area contributed by atoms with Crippen molar-refractivity contribution in [2.45, 2.75) is 19.4 Å². The second-order valence-electron chi connectivity index (χ2n) is 4.49. The van der Waals surface area contributed by atoms with Gasteiger partial charge in [-0.05, 0) is 19.1 Å². The molecule has 0 aromatic carbocycles. The Kier molecular flexibility index (Phi) is 2.87. The highest BCUT2D eigenvalue weighted by Crippen LogP contribution is 2.32. The molecule has 1 aliphatic rings. The van der Waals surface area contributed by atoms with Gasteiger partial charge in [0.15, 0.2) is 0 Å². The first kappa shape index (κ1) is 10.4. The Hall–Kier alpha value is -1.15. The van der Waals surface area contributed by atoms with Gasteiger partial charge < -0.3 is 4.48 Å². The molecule has 0 spiro atoms. The molecule has 1 unspecified atom stereocenters. The summed E-state index contributed by atoms with van der Waals surface area (Å²) >= 11 is 0. The lowest BCUT2D eigenvalue weighted by Crippen LogP contribution is -2.48. The van der Waals surface area contributed by atoms with E-state index >= 15 is 0 Å². The summed E-state index contributed by atoms with van der Waals surface area (Å²) in [6.45, 7) is 4.57. The Labute approximate surface area is 91.8 Å². The van der Waals surface area contributed by atoms with Crippen LogP contribution in [0.1, 0.15) is 24.9 Å². The van der Waals surface area contributed by atoms with Gasteiger partial charge in [-0.1, -0.05) is 12.1 Å². The highest BCUT2D eigenvalue weighted by Gasteiger charge is 2.32. The maximum Gasteiger partial charge on any atom is 0.120 e. The van der Waals surface area contributed by atoms with Crippen LogP contribution in [0.4, 0.5) is 0 Å². The number of likely N-dealkylation sites (N-methyl/N-ethyl adjacent to an activating group) is 1. The zero-order chi connectivity index (χ0) is 10.7. The minimum atomic E-state index is 0.577. The first-order chi connectivity index (χ1) is 7.26. The van der Waals surface area contributed by atoms with E-state index in [1.165, 1.54) is 12.1 Å². The molecule has 0 amide bonds. The molecule has 0 bridgehead atoms. The minimum Gasteiger partial charge on any atom is -0.317 e. The lowest BCUT2D eigenvalue weighted by atomic mass is 9.98. The van der Waals surface area contributed by atoms with Gasteiger partial charge in [0.25, 0.3) is 0 Å². The predicted octanol–water partition coefficient (Wildman–Crippen LogP) is 2.55. The van der Waals surface area contributed by atoms with Crippen LogP contribution >= 0.6 is 0 Å². The number of hydrogen-bond donors (Lipinski definition) is 0. The van der Waals surface area contributed by atoms with E-state index < -0.39 is 0 Å². The standard InChI is InChI=1S/C13H19N2/c1-3-15(2)10-5-4-8-13(15)12-7-6-9-14-11-12/h4-7,9,11,13H,3,8,10H2,1-2H3/q+1/t13-,15?/m0/s1. The molecule has 0 radical (unpaired) electrons. The van der Waals surface area contributed by atoms with Gasteiger partial charge in [0.2, 0.25) is 0 Å². The Morgan fingerprint density at radius 1 is 1.47 bits per heavy atom. The van der Waals surface area contributed by atoms with Crippen LogP contribution in [0.2, 0.25) is 0 Å². The van der Waals surface area contributed by atoms with Crippen molar-refractivity contribution in [3.63, 3.8) is 0 Å². The molecule has 1 aliphatic heterocycles. The van der Waals surface area contributed by atoms with Crippen LogP contribution in [0, 0.1) is 0 Å². The molecule has 2 rings (SSSR count). The Bertz CT molecular complexity index is 345. The number of hydrogen-bond acceptors (Lipinski definition) is 1. The fraction of sp³-hybridized carbons (Fsp3) is 0.462. The SMILES string of the molecule is CC[N+]1(C)CC=CC[C@H]1c1cccnc1. The van der Waals surface area contributed by atoms with Gasteiger partial charge >= 0.3 is 0 Å². The van der Waals surface area contributed by atoms with Crippen LogP contribution in [0.3, 0.4) is 0 Å². The molecule has 80 valence electrons. The zero-order valence-corrected chi connectivity index (χ0v) is 9.56. The number of nitrogens with zero attached hydrogens (tertiary/aromatic N) is 2. The molecule has 2 heteroatoms. The molecule has 0 fully saturated rings. The first-order valence-corrected chi connectivity index (χ1v) is 5.65. The van der Waals surface area contributed by atoms with Crippen molar-refractivity contribution in [2.24, 2.45) is 0 Å². The van der Waals surface area contributed by atoms with Gasteiger partial charge in [0.1, 0.15) is 6.04 Å². The van der Waals surface area contributed by atoms with E-state index in [4.69, 9.17) is 0 Å². The van der Waals surface area contributed by atoms with Gasteiger partial charge in [-0.25, -0.2) is 0 Å². The van der Waals surface area contributed by atoms with Crippen LogP contribution in [0.5, 0.6) is 0 Å². The molecular weight excluding hydrogens is 184 g/mol. The number of aromatic nitrogens is 1. The zero-order valence-electron chi connectivity index (χ0n) is 9.56. The molecule has 15 heavy (non-hydrogen) atoms. The van der Waals surface area contributed by atoms with Crippen LogP contribution < -0.4 is 0 Å². The van der Waals surface area contributed by atoms with E-state index in [0.29, 0.717) is 6.04 Å². The second-order valence-corrected chi connectivity index (χ2v) is 4.49. The van der Waals surface area contributed by atoms with Crippen molar-refractivity contribution in [3.05, 3.63) is 42.2 Å². The Balaban J connectivity index is 2.31. The summed E-state index contributed by atoms with van der Waals surface area (Å²) in [5.74, 6) is 0. The van der Waals surface area contributed by atoms with Crippen molar-refractivity contribution in [1.82, 2.24) is 4.98 Å². The third kappa shape index (κ3) is 1.95. The molecule has 2 nitrogen and oxygen atoms in total. The topological polar surface area (TPSA) is 12.9 Å². The largest absolute Gasteiger partial charge is 0.317 e. The molecule has 0 N–H and O–H groups in total. The smallest absolute Gasteiger partial charge is 0.120 e. The highest BCUT2D eigenvalue weighted by molar-refractivity contribution is 5.14. The Morgan fingerprint density at radius 3 is 3.00 bits per heavy atom. The van der Waals surface area contributed by atoms with Crippen molar-refractivity contribution in [3.8, 4) is 0 Å². The first-order valence-electron chi connectivity index (χ1n) is 5.65. The van der Waals surface area contributed by atoms with Gasteiger partial charge in [-0.2, -0.15) is 0 Å². The fourth-order valence-electron chi connectivity index (χ4n) is 2.34. The van der Waals surface area contributed by atoms with E-state index in [2.05, 4.69) is 37.2 Å². The van der Waals surface area contributed by atoms with Crippen LogP contribution in [-0.4, -0.2) is 29.6 Å². The maximum absolute atomic E-state index is 4.23. The summed E-state index contributed by atoms with van der Waals surface area (Å²) in [6, 6.07) is 4.81. The molecule has 0 aliphatic carbocycles. The summed E-state index contributed by atoms with van der Waals surface area (Å²) in [4.78, 5) is 4.23. The van der Waals surface area contributed by atoms with Crippen molar-refractivity contribution < 1.29 is 4.48 Å². The van der Waals surface area contributed by atoms with Gasteiger partial charge in [-0.3, -0.25) is 4.98 Å². The molecule has 0 saturated heterocycles. The number of rotatable bonds is 2. The van der Waals surface area contributed by atoms with E-state index in [1.54, 1.807) is 0 Å². The summed E-state index contributed by atoms with van der Waals surface area (Å²) in [5, 5.41) is 0. The van der Waals surface area contributed by atoms with Gasteiger partial charge in [0, 0.05) is 24.4 Å². The van der Waals surface area contributed by atoms with Gasteiger partial charge in [0.05, 0.1) is 20.1 Å². The average molecular weight is 203 g/mol.